The number of hydrogen-bond donors (Lipinski definition) is 4. The predicted molar refractivity (Wildman–Crippen MR) is 153 cm³/mol. The Morgan fingerprint density at radius 2 is 1.60 bits per heavy atom. The second-order valence-electron chi connectivity index (χ2n) is 9.61. The molecule has 1 fully saturated rings. The molecule has 3 aromatic rings. The van der Waals surface area contributed by atoms with Crippen LogP contribution in [0, 0.1) is 5.92 Å². The summed E-state index contributed by atoms with van der Waals surface area (Å²) >= 11 is 0. The van der Waals surface area contributed by atoms with Gasteiger partial charge in [-0.25, -0.2) is 8.42 Å². The Balaban J connectivity index is 0.00000484. The van der Waals surface area contributed by atoms with E-state index in [-0.39, 0.29) is 46.0 Å². The van der Waals surface area contributed by atoms with Gasteiger partial charge in [0, 0.05) is 5.56 Å². The van der Waals surface area contributed by atoms with Gasteiger partial charge in [-0.15, -0.1) is 12.4 Å². The number of ether oxygens (including phenoxy) is 1. The van der Waals surface area contributed by atoms with Crippen molar-refractivity contribution in [3.05, 3.63) is 83.9 Å². The van der Waals surface area contributed by atoms with Crippen molar-refractivity contribution in [1.82, 2.24) is 10.6 Å². The van der Waals surface area contributed by atoms with Crippen LogP contribution in [0.5, 0.6) is 11.5 Å². The smallest absolute Gasteiger partial charge is 0.416 e. The molecule has 3 aromatic carbocycles. The first-order valence-corrected chi connectivity index (χ1v) is 14.3. The minimum absolute atomic E-state index is 0. The number of piperidine rings is 1. The molecular formula is C28H30ClF3N4O5S. The van der Waals surface area contributed by atoms with Crippen molar-refractivity contribution in [2.75, 3.05) is 17.8 Å². The first-order chi connectivity index (χ1) is 19.4. The lowest BCUT2D eigenvalue weighted by atomic mass is 9.90. The first-order valence-electron chi connectivity index (χ1n) is 12.8. The number of carbonyl (C=O) groups excluding carboxylic acids is 2. The summed E-state index contributed by atoms with van der Waals surface area (Å²) in [7, 11) is -4.14. The molecule has 0 saturated carbocycles. The van der Waals surface area contributed by atoms with Gasteiger partial charge in [0.2, 0.25) is 5.91 Å². The number of alkyl halides is 3. The fourth-order valence-corrected chi connectivity index (χ4v) is 5.48. The van der Waals surface area contributed by atoms with Gasteiger partial charge in [-0.1, -0.05) is 12.1 Å². The second-order valence-corrected chi connectivity index (χ2v) is 11.3. The van der Waals surface area contributed by atoms with Gasteiger partial charge in [-0.05, 0) is 98.9 Å². The summed E-state index contributed by atoms with van der Waals surface area (Å²) in [6, 6.07) is 14.3. The minimum atomic E-state index is -4.50. The summed E-state index contributed by atoms with van der Waals surface area (Å²) in [5.41, 5.74) is 4.86. The van der Waals surface area contributed by atoms with Crippen molar-refractivity contribution in [3.63, 3.8) is 0 Å². The largest absolute Gasteiger partial charge is 0.455 e. The molecule has 0 aromatic heterocycles. The van der Waals surface area contributed by atoms with Crippen molar-refractivity contribution in [2.45, 2.75) is 36.4 Å². The molecule has 1 atom stereocenters. The predicted octanol–water partition coefficient (Wildman–Crippen LogP) is 4.69. The number of nitrogens with one attached hydrogen (secondary N) is 3. The highest BCUT2D eigenvalue weighted by Crippen LogP contribution is 2.34. The highest BCUT2D eigenvalue weighted by atomic mass is 35.5. The van der Waals surface area contributed by atoms with E-state index in [9.17, 15) is 31.2 Å². The van der Waals surface area contributed by atoms with Crippen LogP contribution in [0.1, 0.15) is 35.2 Å². The Labute approximate surface area is 247 Å². The number of rotatable bonds is 10. The minimum Gasteiger partial charge on any atom is -0.455 e. The van der Waals surface area contributed by atoms with Crippen LogP contribution in [0.15, 0.2) is 77.7 Å². The number of para-hydroxylation sites is 2. The zero-order valence-corrected chi connectivity index (χ0v) is 23.8. The van der Waals surface area contributed by atoms with E-state index in [1.165, 1.54) is 36.4 Å². The molecule has 1 unspecified atom stereocenters. The topological polar surface area (TPSA) is 140 Å². The molecule has 1 aliphatic rings. The number of benzene rings is 3. The van der Waals surface area contributed by atoms with Gasteiger partial charge in [-0.3, -0.25) is 14.3 Å². The standard InChI is InChI=1S/C28H29F3N4O5S.ClH/c29-28(30,31)20-7-9-21(10-8-20)40-25-4-2-1-3-23(25)35-41(38,39)22-11-5-19(6-12-22)27(37)34-24(26(32)36)17-18-13-15-33-16-14-18;/h1-12,18,24,33,35H,13-17H2,(H2,32,36)(H,34,37);1H. The Morgan fingerprint density at radius 3 is 2.19 bits per heavy atom. The quantitative estimate of drug-likeness (QED) is 0.257. The van der Waals surface area contributed by atoms with E-state index in [0.29, 0.717) is 6.42 Å². The van der Waals surface area contributed by atoms with Gasteiger partial charge >= 0.3 is 6.18 Å². The number of nitrogens with two attached hydrogens (primary N) is 1. The Morgan fingerprint density at radius 1 is 0.976 bits per heavy atom. The molecule has 1 saturated heterocycles. The molecule has 14 heteroatoms. The number of anilines is 1. The number of carbonyl (C=O) groups is 2. The summed E-state index contributed by atoms with van der Waals surface area (Å²) in [5, 5.41) is 5.88. The average Bonchev–Trinajstić information content (AvgIpc) is 2.94. The van der Waals surface area contributed by atoms with E-state index >= 15 is 0 Å². The molecule has 5 N–H and O–H groups in total. The molecule has 2 amide bonds. The summed E-state index contributed by atoms with van der Waals surface area (Å²) < 4.78 is 72.7. The lowest BCUT2D eigenvalue weighted by molar-refractivity contribution is -0.137. The van der Waals surface area contributed by atoms with E-state index in [4.69, 9.17) is 10.5 Å². The number of amides is 2. The molecule has 0 bridgehead atoms. The Kier molecular flexibility index (Phi) is 10.8. The fourth-order valence-electron chi connectivity index (χ4n) is 4.41. The van der Waals surface area contributed by atoms with E-state index in [1.54, 1.807) is 12.1 Å². The van der Waals surface area contributed by atoms with Crippen LogP contribution >= 0.6 is 12.4 Å². The third-order valence-electron chi connectivity index (χ3n) is 6.64. The zero-order valence-electron chi connectivity index (χ0n) is 22.2. The SMILES string of the molecule is Cl.NC(=O)C(CC1CCNCC1)NC(=O)c1ccc(S(=O)(=O)Nc2ccccc2Oc2ccc(C(F)(F)F)cc2)cc1. The molecular weight excluding hydrogens is 597 g/mol. The third-order valence-corrected chi connectivity index (χ3v) is 8.03. The third kappa shape index (κ3) is 8.60. The number of primary amides is 1. The molecule has 1 aliphatic heterocycles. The normalized spacial score (nSPS) is 14.7. The van der Waals surface area contributed by atoms with E-state index in [0.717, 1.165) is 50.2 Å². The maximum Gasteiger partial charge on any atom is 0.416 e. The van der Waals surface area contributed by atoms with E-state index in [1.807, 2.05) is 0 Å². The molecule has 0 aliphatic carbocycles. The van der Waals surface area contributed by atoms with Crippen molar-refractivity contribution in [3.8, 4) is 11.5 Å². The zero-order chi connectivity index (χ0) is 29.6. The summed E-state index contributed by atoms with van der Waals surface area (Å²) in [6.07, 6.45) is -2.33. The van der Waals surface area contributed by atoms with Crippen LogP contribution in [0.4, 0.5) is 18.9 Å². The van der Waals surface area contributed by atoms with Crippen LogP contribution in [0.2, 0.25) is 0 Å². The molecule has 226 valence electrons. The number of hydrogen-bond acceptors (Lipinski definition) is 6. The monoisotopic (exact) mass is 626 g/mol. The van der Waals surface area contributed by atoms with Crippen LogP contribution in [0.25, 0.3) is 0 Å². The maximum atomic E-state index is 13.1. The highest BCUT2D eigenvalue weighted by molar-refractivity contribution is 7.92. The molecule has 1 heterocycles. The van der Waals surface area contributed by atoms with Gasteiger partial charge in [0.25, 0.3) is 15.9 Å². The fraction of sp³-hybridized carbons (Fsp3) is 0.286. The molecule has 9 nitrogen and oxygen atoms in total. The molecule has 0 spiro atoms. The Hall–Kier alpha value is -3.81. The van der Waals surface area contributed by atoms with Crippen LogP contribution < -0.4 is 25.8 Å². The van der Waals surface area contributed by atoms with Crippen molar-refractivity contribution in [2.24, 2.45) is 11.7 Å². The van der Waals surface area contributed by atoms with Crippen LogP contribution in [-0.2, 0) is 21.0 Å². The number of halogens is 4. The maximum absolute atomic E-state index is 13.1. The lowest BCUT2D eigenvalue weighted by Crippen LogP contribution is -2.46. The highest BCUT2D eigenvalue weighted by Gasteiger charge is 2.30. The van der Waals surface area contributed by atoms with Crippen LogP contribution in [0.3, 0.4) is 0 Å². The Bertz CT molecular complexity index is 1480. The van der Waals surface area contributed by atoms with Crippen LogP contribution in [-0.4, -0.2) is 39.4 Å². The van der Waals surface area contributed by atoms with E-state index < -0.39 is 39.6 Å². The average molecular weight is 627 g/mol. The van der Waals surface area contributed by atoms with Gasteiger partial charge in [0.05, 0.1) is 16.1 Å². The summed E-state index contributed by atoms with van der Waals surface area (Å²) in [5.74, 6) is -0.807. The van der Waals surface area contributed by atoms with Gasteiger partial charge < -0.3 is 21.1 Å². The van der Waals surface area contributed by atoms with Crippen molar-refractivity contribution < 1.29 is 35.9 Å². The van der Waals surface area contributed by atoms with Gasteiger partial charge in [0.15, 0.2) is 5.75 Å². The lowest BCUT2D eigenvalue weighted by Gasteiger charge is -2.26. The molecule has 4 rings (SSSR count). The summed E-state index contributed by atoms with van der Waals surface area (Å²) in [4.78, 5) is 24.6. The van der Waals surface area contributed by atoms with E-state index in [2.05, 4.69) is 15.4 Å². The van der Waals surface area contributed by atoms with Crippen molar-refractivity contribution >= 4 is 39.9 Å². The second kappa shape index (κ2) is 13.9. The van der Waals surface area contributed by atoms with Crippen molar-refractivity contribution in [1.29, 1.82) is 0 Å². The molecule has 42 heavy (non-hydrogen) atoms. The molecule has 0 radical (unpaired) electrons. The number of sulfonamides is 1. The van der Waals surface area contributed by atoms with Gasteiger partial charge in [0.1, 0.15) is 11.8 Å². The summed E-state index contributed by atoms with van der Waals surface area (Å²) in [6.45, 7) is 1.67. The first kappa shape index (κ1) is 32.7. The van der Waals surface area contributed by atoms with Gasteiger partial charge in [-0.2, -0.15) is 13.2 Å².